The number of nitrogens with two attached hydrogens (primary N) is 1. The van der Waals surface area contributed by atoms with Crippen LogP contribution in [0.2, 0.25) is 5.02 Å². The maximum atomic E-state index is 16.4. The lowest BCUT2D eigenvalue weighted by Crippen LogP contribution is -2.44. The molecule has 1 atom stereocenters. The van der Waals surface area contributed by atoms with Gasteiger partial charge in [-0.1, -0.05) is 35.1 Å². The van der Waals surface area contributed by atoms with Gasteiger partial charge in [-0.05, 0) is 38.6 Å². The molecule has 0 amide bonds. The van der Waals surface area contributed by atoms with Crippen LogP contribution in [0.15, 0.2) is 24.3 Å². The Morgan fingerprint density at radius 3 is 2.81 bits per heavy atom. The van der Waals surface area contributed by atoms with E-state index in [0.717, 1.165) is 43.8 Å². The van der Waals surface area contributed by atoms with E-state index in [2.05, 4.69) is 37.4 Å². The molecule has 0 aliphatic carbocycles. The molecule has 4 heterocycles. The summed E-state index contributed by atoms with van der Waals surface area (Å²) in [6.07, 6.45) is 2.30. The Morgan fingerprint density at radius 2 is 2.03 bits per heavy atom. The predicted molar refractivity (Wildman–Crippen MR) is 147 cm³/mol. The average Bonchev–Trinajstić information content (AvgIpc) is 3.47. The minimum absolute atomic E-state index is 0.250. The third-order valence-corrected chi connectivity index (χ3v) is 8.30. The van der Waals surface area contributed by atoms with Crippen LogP contribution in [0.3, 0.4) is 0 Å². The Bertz CT molecular complexity index is 1440. The summed E-state index contributed by atoms with van der Waals surface area (Å²) in [5, 5.41) is 8.09. The van der Waals surface area contributed by atoms with Gasteiger partial charge < -0.3 is 26.2 Å². The van der Waals surface area contributed by atoms with E-state index in [-0.39, 0.29) is 11.1 Å². The largest absolute Gasteiger partial charge is 0.375 e. The zero-order chi connectivity index (χ0) is 24.8. The Morgan fingerprint density at radius 1 is 1.19 bits per heavy atom. The van der Waals surface area contributed by atoms with Crippen molar-refractivity contribution in [1.29, 1.82) is 0 Å². The van der Waals surface area contributed by atoms with Crippen LogP contribution in [0.5, 0.6) is 0 Å². The van der Waals surface area contributed by atoms with Crippen molar-refractivity contribution in [3.8, 4) is 11.1 Å². The number of likely N-dealkylation sites (tertiary alicyclic amines) is 1. The highest BCUT2D eigenvalue weighted by molar-refractivity contribution is 7.22. The Hall–Kier alpha value is -2.79. The molecule has 11 heteroatoms. The number of likely N-dealkylation sites (N-methyl/N-ethyl adjacent to an activating group) is 1. The molecule has 2 aliphatic heterocycles. The lowest BCUT2D eigenvalue weighted by Gasteiger charge is -2.30. The fourth-order valence-electron chi connectivity index (χ4n) is 5.24. The zero-order valence-corrected chi connectivity index (χ0v) is 21.6. The first-order chi connectivity index (χ1) is 17.5. The highest BCUT2D eigenvalue weighted by Crippen LogP contribution is 2.41. The SMILES string of the molecule is CN1CCCC1CNc1nc(N2CCNCC2)c2cc(Cl)c(-c3cccc4sc(N)nc34)c(F)c2n1. The highest BCUT2D eigenvalue weighted by Gasteiger charge is 2.25. The van der Waals surface area contributed by atoms with Crippen LogP contribution in [0.25, 0.3) is 32.2 Å². The summed E-state index contributed by atoms with van der Waals surface area (Å²) >= 11 is 8.13. The monoisotopic (exact) mass is 526 g/mol. The number of aromatic nitrogens is 3. The maximum Gasteiger partial charge on any atom is 0.225 e. The molecule has 188 valence electrons. The second-order valence-electron chi connectivity index (χ2n) is 9.41. The number of nitrogen functional groups attached to an aromatic ring is 1. The van der Waals surface area contributed by atoms with Crippen molar-refractivity contribution in [2.24, 2.45) is 0 Å². The van der Waals surface area contributed by atoms with Crippen LogP contribution in [-0.4, -0.2) is 72.2 Å². The van der Waals surface area contributed by atoms with Crippen LogP contribution < -0.4 is 21.3 Å². The summed E-state index contributed by atoms with van der Waals surface area (Å²) in [5.41, 5.74) is 7.74. The van der Waals surface area contributed by atoms with Crippen molar-refractivity contribution >= 4 is 61.0 Å². The van der Waals surface area contributed by atoms with Crippen LogP contribution >= 0.6 is 22.9 Å². The molecule has 36 heavy (non-hydrogen) atoms. The van der Waals surface area contributed by atoms with E-state index < -0.39 is 5.82 Å². The number of anilines is 3. The first-order valence-electron chi connectivity index (χ1n) is 12.2. The van der Waals surface area contributed by atoms with Crippen molar-refractivity contribution in [3.63, 3.8) is 0 Å². The van der Waals surface area contributed by atoms with Crippen molar-refractivity contribution in [2.75, 3.05) is 62.3 Å². The van der Waals surface area contributed by atoms with E-state index in [0.29, 0.717) is 51.0 Å². The van der Waals surface area contributed by atoms with Crippen LogP contribution in [-0.2, 0) is 0 Å². The molecule has 6 rings (SSSR count). The molecule has 0 bridgehead atoms. The van der Waals surface area contributed by atoms with Crippen LogP contribution in [0.4, 0.5) is 21.3 Å². The van der Waals surface area contributed by atoms with Gasteiger partial charge in [0.25, 0.3) is 0 Å². The second kappa shape index (κ2) is 9.59. The van der Waals surface area contributed by atoms with Gasteiger partial charge in [0, 0.05) is 55.3 Å². The molecule has 0 spiro atoms. The molecule has 8 nitrogen and oxygen atoms in total. The normalized spacial score (nSPS) is 19.0. The molecule has 2 aromatic carbocycles. The number of thiazole rings is 1. The standard InChI is InChI=1S/C25H28ClFN8S/c1-34-9-3-4-14(34)13-30-25-32-22-16(23(33-25)35-10-7-29-8-11-35)12-17(26)19(20(22)27)15-5-2-6-18-21(15)31-24(28)36-18/h2,5-6,12,14,29H,3-4,7-11,13H2,1H3,(H2,28,31)(H,30,32,33). The molecule has 0 radical (unpaired) electrons. The predicted octanol–water partition coefficient (Wildman–Crippen LogP) is 4.20. The Labute approximate surface area is 217 Å². The van der Waals surface area contributed by atoms with E-state index >= 15 is 4.39 Å². The number of fused-ring (bicyclic) bond motifs is 2. The van der Waals surface area contributed by atoms with Gasteiger partial charge in [-0.25, -0.2) is 14.4 Å². The highest BCUT2D eigenvalue weighted by atomic mass is 35.5. The molecule has 2 aliphatic rings. The summed E-state index contributed by atoms with van der Waals surface area (Å²) in [4.78, 5) is 18.5. The number of benzene rings is 2. The van der Waals surface area contributed by atoms with E-state index in [1.807, 2.05) is 18.2 Å². The molecule has 2 fully saturated rings. The van der Waals surface area contributed by atoms with Gasteiger partial charge >= 0.3 is 0 Å². The fraction of sp³-hybridized carbons (Fsp3) is 0.400. The lowest BCUT2D eigenvalue weighted by molar-refractivity contribution is 0.322. The molecule has 1 unspecified atom stereocenters. The fourth-order valence-corrected chi connectivity index (χ4v) is 6.29. The van der Waals surface area contributed by atoms with Crippen molar-refractivity contribution in [1.82, 2.24) is 25.2 Å². The Balaban J connectivity index is 1.50. The number of para-hydroxylation sites is 1. The molecular weight excluding hydrogens is 499 g/mol. The quantitative estimate of drug-likeness (QED) is 0.356. The van der Waals surface area contributed by atoms with Crippen molar-refractivity contribution in [2.45, 2.75) is 18.9 Å². The van der Waals surface area contributed by atoms with Gasteiger partial charge in [0.05, 0.1) is 15.2 Å². The van der Waals surface area contributed by atoms with Gasteiger partial charge in [-0.3, -0.25) is 0 Å². The molecular formula is C25H28ClFN8S. The summed E-state index contributed by atoms with van der Waals surface area (Å²) in [5.74, 6) is 0.656. The lowest BCUT2D eigenvalue weighted by atomic mass is 10.0. The van der Waals surface area contributed by atoms with Gasteiger partial charge in [0.2, 0.25) is 5.95 Å². The number of rotatable bonds is 5. The minimum atomic E-state index is -0.476. The van der Waals surface area contributed by atoms with Crippen molar-refractivity contribution in [3.05, 3.63) is 35.1 Å². The average molecular weight is 527 g/mol. The first-order valence-corrected chi connectivity index (χ1v) is 13.4. The van der Waals surface area contributed by atoms with E-state index in [1.165, 1.54) is 17.8 Å². The Kier molecular flexibility index (Phi) is 6.28. The first kappa shape index (κ1) is 23.6. The summed E-state index contributed by atoms with van der Waals surface area (Å²) in [6, 6.07) is 7.81. The number of hydrogen-bond acceptors (Lipinski definition) is 9. The van der Waals surface area contributed by atoms with Crippen LogP contribution in [0.1, 0.15) is 12.8 Å². The van der Waals surface area contributed by atoms with E-state index in [1.54, 1.807) is 6.07 Å². The number of nitrogens with one attached hydrogen (secondary N) is 2. The van der Waals surface area contributed by atoms with Gasteiger partial charge in [-0.15, -0.1) is 0 Å². The van der Waals surface area contributed by atoms with E-state index in [9.17, 15) is 0 Å². The number of nitrogens with zero attached hydrogens (tertiary/aromatic N) is 5. The maximum absolute atomic E-state index is 16.4. The van der Waals surface area contributed by atoms with Crippen LogP contribution in [0, 0.1) is 5.82 Å². The number of halogens is 2. The third-order valence-electron chi connectivity index (χ3n) is 7.15. The third kappa shape index (κ3) is 4.21. The van der Waals surface area contributed by atoms with Crippen molar-refractivity contribution < 1.29 is 4.39 Å². The molecule has 0 saturated carbocycles. The molecule has 4 aromatic rings. The topological polar surface area (TPSA) is 95.2 Å². The van der Waals surface area contributed by atoms with Gasteiger partial charge in [0.15, 0.2) is 10.9 Å². The zero-order valence-electron chi connectivity index (χ0n) is 20.0. The summed E-state index contributed by atoms with van der Waals surface area (Å²) < 4.78 is 17.3. The smallest absolute Gasteiger partial charge is 0.225 e. The number of hydrogen-bond donors (Lipinski definition) is 3. The van der Waals surface area contributed by atoms with Gasteiger partial charge in [-0.2, -0.15) is 4.98 Å². The second-order valence-corrected chi connectivity index (χ2v) is 10.9. The number of piperazine rings is 1. The molecule has 2 saturated heterocycles. The summed E-state index contributed by atoms with van der Waals surface area (Å²) in [7, 11) is 2.13. The summed E-state index contributed by atoms with van der Waals surface area (Å²) in [6.45, 7) is 5.01. The minimum Gasteiger partial charge on any atom is -0.375 e. The molecule has 2 aromatic heterocycles. The molecule has 4 N–H and O–H groups in total. The van der Waals surface area contributed by atoms with Gasteiger partial charge in [0.1, 0.15) is 11.3 Å². The van der Waals surface area contributed by atoms with E-state index in [4.69, 9.17) is 22.3 Å².